The summed E-state index contributed by atoms with van der Waals surface area (Å²) in [6.07, 6.45) is 2.68. The summed E-state index contributed by atoms with van der Waals surface area (Å²) in [5, 5.41) is 1.88. The number of fused-ring (bicyclic) bond motifs is 1. The molecule has 0 bridgehead atoms. The molecule has 0 saturated heterocycles. The van der Waals surface area contributed by atoms with Gasteiger partial charge in [-0.15, -0.1) is 0 Å². The highest BCUT2D eigenvalue weighted by atomic mass is 35.5. The summed E-state index contributed by atoms with van der Waals surface area (Å²) in [6.45, 7) is 0.486. The van der Waals surface area contributed by atoms with Gasteiger partial charge in [0.1, 0.15) is 5.75 Å². The van der Waals surface area contributed by atoms with E-state index in [1.165, 1.54) is 35.1 Å². The van der Waals surface area contributed by atoms with Crippen molar-refractivity contribution >= 4 is 40.2 Å². The summed E-state index contributed by atoms with van der Waals surface area (Å²) in [6, 6.07) is 45.5. The second-order valence-electron chi connectivity index (χ2n) is 11.4. The Morgan fingerprint density at radius 1 is 0.787 bits per heavy atom. The zero-order valence-electron chi connectivity index (χ0n) is 26.5. The maximum absolute atomic E-state index is 11.9. The molecule has 0 spiro atoms. The summed E-state index contributed by atoms with van der Waals surface area (Å²) >= 11 is 8.65. The van der Waals surface area contributed by atoms with Crippen molar-refractivity contribution in [2.45, 2.75) is 31.1 Å². The average Bonchev–Trinajstić information content (AvgIpc) is 3.41. The molecule has 1 aromatic heterocycles. The molecule has 5 aromatic carbocycles. The lowest BCUT2D eigenvalue weighted by molar-refractivity contribution is 0.0600. The average molecular weight is 660 g/mol. The standard InChI is InChI=1S/C41H38ClNO3S/c1-45-41(44)33-19-22-35(23-20-33)46-26-25-36-37-28-34(42)21-24-39(37)43(38(36)18-11-27-47-29-30-12-5-2-6-13-30)40(31-14-7-3-8-15-31)32-16-9-4-10-17-32/h2-10,12-17,19-24,28,40H,11,18,25-27,29H2,1H3. The fourth-order valence-corrected chi connectivity index (χ4v) is 7.29. The molecular weight excluding hydrogens is 622 g/mol. The lowest BCUT2D eigenvalue weighted by atomic mass is 9.97. The van der Waals surface area contributed by atoms with Crippen LogP contribution < -0.4 is 4.74 Å². The number of carbonyl (C=O) groups is 1. The van der Waals surface area contributed by atoms with Crippen LogP contribution in [-0.2, 0) is 23.3 Å². The number of benzene rings is 5. The number of ether oxygens (including phenoxy) is 2. The summed E-state index contributed by atoms with van der Waals surface area (Å²) in [5.74, 6) is 2.41. The maximum Gasteiger partial charge on any atom is 0.337 e. The molecule has 0 atom stereocenters. The molecule has 6 heteroatoms. The van der Waals surface area contributed by atoms with E-state index in [0.717, 1.165) is 40.3 Å². The summed E-state index contributed by atoms with van der Waals surface area (Å²) < 4.78 is 13.6. The fraction of sp³-hybridized carbons (Fsp3) is 0.195. The zero-order valence-corrected chi connectivity index (χ0v) is 28.1. The topological polar surface area (TPSA) is 40.5 Å². The van der Waals surface area contributed by atoms with Gasteiger partial charge in [-0.2, -0.15) is 11.8 Å². The molecule has 47 heavy (non-hydrogen) atoms. The molecule has 4 nitrogen and oxygen atoms in total. The van der Waals surface area contributed by atoms with Gasteiger partial charge in [-0.25, -0.2) is 4.79 Å². The van der Waals surface area contributed by atoms with Crippen molar-refractivity contribution < 1.29 is 14.3 Å². The van der Waals surface area contributed by atoms with Crippen molar-refractivity contribution in [3.8, 4) is 5.75 Å². The maximum atomic E-state index is 11.9. The van der Waals surface area contributed by atoms with E-state index in [1.54, 1.807) is 12.1 Å². The van der Waals surface area contributed by atoms with Gasteiger partial charge in [-0.3, -0.25) is 0 Å². The largest absolute Gasteiger partial charge is 0.493 e. The van der Waals surface area contributed by atoms with Crippen molar-refractivity contribution in [3.05, 3.63) is 172 Å². The number of aromatic nitrogens is 1. The van der Waals surface area contributed by atoms with Crippen LogP contribution in [0.25, 0.3) is 10.9 Å². The molecule has 0 aliphatic carbocycles. The Balaban J connectivity index is 1.36. The van der Waals surface area contributed by atoms with Crippen LogP contribution >= 0.6 is 23.4 Å². The predicted molar refractivity (Wildman–Crippen MR) is 195 cm³/mol. The Hall–Kier alpha value is -4.45. The second kappa shape index (κ2) is 15.9. The number of thioether (sulfide) groups is 1. The first-order chi connectivity index (χ1) is 23.1. The van der Waals surface area contributed by atoms with Gasteiger partial charge in [-0.1, -0.05) is 103 Å². The quantitative estimate of drug-likeness (QED) is 0.0862. The van der Waals surface area contributed by atoms with E-state index in [0.29, 0.717) is 24.3 Å². The van der Waals surface area contributed by atoms with Gasteiger partial charge >= 0.3 is 5.97 Å². The Bertz CT molecular complexity index is 1850. The molecule has 6 rings (SSSR count). The summed E-state index contributed by atoms with van der Waals surface area (Å²) in [5.41, 5.74) is 8.06. The highest BCUT2D eigenvalue weighted by Gasteiger charge is 2.25. The molecule has 238 valence electrons. The predicted octanol–water partition coefficient (Wildman–Crippen LogP) is 10.2. The van der Waals surface area contributed by atoms with Crippen molar-refractivity contribution in [3.63, 3.8) is 0 Å². The minimum absolute atomic E-state index is 0.00594. The normalized spacial score (nSPS) is 11.2. The van der Waals surface area contributed by atoms with Gasteiger partial charge in [0.05, 0.1) is 25.3 Å². The van der Waals surface area contributed by atoms with Crippen molar-refractivity contribution in [2.75, 3.05) is 19.5 Å². The van der Waals surface area contributed by atoms with E-state index >= 15 is 0 Å². The van der Waals surface area contributed by atoms with Crippen LogP contribution in [0, 0.1) is 0 Å². The Kier molecular flexibility index (Phi) is 11.0. The third-order valence-corrected chi connectivity index (χ3v) is 9.73. The summed E-state index contributed by atoms with van der Waals surface area (Å²) in [7, 11) is 1.38. The molecule has 6 aromatic rings. The highest BCUT2D eigenvalue weighted by molar-refractivity contribution is 7.98. The third-order valence-electron chi connectivity index (χ3n) is 8.38. The van der Waals surface area contributed by atoms with E-state index in [9.17, 15) is 4.79 Å². The SMILES string of the molecule is COC(=O)c1ccc(OCCc2c(CCCSCc3ccccc3)n(C(c3ccccc3)c3ccccc3)c3ccc(Cl)cc23)cc1. The molecule has 0 fully saturated rings. The number of hydrogen-bond acceptors (Lipinski definition) is 4. The van der Waals surface area contributed by atoms with Crippen molar-refractivity contribution in [1.82, 2.24) is 4.57 Å². The lowest BCUT2D eigenvalue weighted by Crippen LogP contribution is -2.16. The second-order valence-corrected chi connectivity index (χ2v) is 13.0. The molecule has 0 aliphatic heterocycles. The number of carbonyl (C=O) groups excluding carboxylic acids is 1. The van der Waals surface area contributed by atoms with E-state index in [-0.39, 0.29) is 12.0 Å². The molecular formula is C41H38ClNO3S. The Labute approximate surface area is 286 Å². The number of halogens is 1. The molecule has 0 aliphatic rings. The smallest absolute Gasteiger partial charge is 0.337 e. The first kappa shape index (κ1) is 32.5. The molecule has 0 N–H and O–H groups in total. The van der Waals surface area contributed by atoms with Gasteiger partial charge in [0.15, 0.2) is 0 Å². The zero-order chi connectivity index (χ0) is 32.4. The van der Waals surface area contributed by atoms with Gasteiger partial charge < -0.3 is 14.0 Å². The van der Waals surface area contributed by atoms with Crippen molar-refractivity contribution in [2.24, 2.45) is 0 Å². The highest BCUT2D eigenvalue weighted by Crippen LogP contribution is 2.38. The van der Waals surface area contributed by atoms with E-state index in [4.69, 9.17) is 21.1 Å². The fourth-order valence-electron chi connectivity index (χ4n) is 6.19. The summed E-state index contributed by atoms with van der Waals surface area (Å²) in [4.78, 5) is 11.9. The number of esters is 1. The molecule has 1 heterocycles. The molecule has 0 radical (unpaired) electrons. The van der Waals surface area contributed by atoms with Gasteiger partial charge in [-0.05, 0) is 83.3 Å². The van der Waals surface area contributed by atoms with E-state index in [2.05, 4.69) is 108 Å². The van der Waals surface area contributed by atoms with E-state index in [1.807, 2.05) is 30.0 Å². The van der Waals surface area contributed by atoms with E-state index < -0.39 is 0 Å². The molecule has 0 unspecified atom stereocenters. The lowest BCUT2D eigenvalue weighted by Gasteiger charge is -2.25. The van der Waals surface area contributed by atoms with Gasteiger partial charge in [0, 0.05) is 33.8 Å². The minimum Gasteiger partial charge on any atom is -0.493 e. The number of methoxy groups -OCH3 is 1. The number of nitrogens with zero attached hydrogens (tertiary/aromatic N) is 1. The van der Waals surface area contributed by atoms with Crippen LogP contribution in [-0.4, -0.2) is 30.0 Å². The van der Waals surface area contributed by atoms with Gasteiger partial charge in [0.2, 0.25) is 0 Å². The van der Waals surface area contributed by atoms with Crippen LogP contribution in [0.5, 0.6) is 5.75 Å². The Morgan fingerprint density at radius 3 is 2.06 bits per heavy atom. The molecule has 0 saturated carbocycles. The monoisotopic (exact) mass is 659 g/mol. The van der Waals surface area contributed by atoms with Gasteiger partial charge in [0.25, 0.3) is 0 Å². The van der Waals surface area contributed by atoms with Crippen LogP contribution in [0.3, 0.4) is 0 Å². The first-order valence-corrected chi connectivity index (χ1v) is 17.5. The first-order valence-electron chi connectivity index (χ1n) is 16.0. The van der Waals surface area contributed by atoms with Crippen LogP contribution in [0.1, 0.15) is 50.8 Å². The van der Waals surface area contributed by atoms with Crippen LogP contribution in [0.4, 0.5) is 0 Å². The molecule has 0 amide bonds. The van der Waals surface area contributed by atoms with Crippen LogP contribution in [0.2, 0.25) is 5.02 Å². The minimum atomic E-state index is -0.362. The third kappa shape index (κ3) is 7.93. The van der Waals surface area contributed by atoms with Crippen molar-refractivity contribution in [1.29, 1.82) is 0 Å². The van der Waals surface area contributed by atoms with Crippen LogP contribution in [0.15, 0.2) is 133 Å². The number of rotatable bonds is 14. The number of hydrogen-bond donors (Lipinski definition) is 0. The Morgan fingerprint density at radius 2 is 1.43 bits per heavy atom.